The Balaban J connectivity index is 1.75. The monoisotopic (exact) mass is 390 g/mol. The van der Waals surface area contributed by atoms with Crippen LogP contribution in [0, 0.1) is 13.8 Å². The summed E-state index contributed by atoms with van der Waals surface area (Å²) in [5.74, 6) is -0.883. The van der Waals surface area contributed by atoms with Gasteiger partial charge in [-0.25, -0.2) is 4.79 Å². The van der Waals surface area contributed by atoms with E-state index in [0.717, 1.165) is 46.1 Å². The van der Waals surface area contributed by atoms with Gasteiger partial charge in [0.15, 0.2) is 6.61 Å². The number of nitrogens with one attached hydrogen (secondary N) is 1. The molecular weight excluding hydrogens is 364 g/mol. The highest BCUT2D eigenvalue weighted by Gasteiger charge is 2.19. The Bertz CT molecular complexity index is 1050. The van der Waals surface area contributed by atoms with E-state index in [0.29, 0.717) is 11.3 Å². The largest absolute Gasteiger partial charge is 0.452 e. The number of benzene rings is 2. The van der Waals surface area contributed by atoms with Crippen LogP contribution in [0.3, 0.4) is 0 Å². The van der Waals surface area contributed by atoms with Gasteiger partial charge >= 0.3 is 5.97 Å². The second-order valence-electron chi connectivity index (χ2n) is 7.00. The number of fused-ring (bicyclic) bond motifs is 1. The van der Waals surface area contributed by atoms with E-state index < -0.39 is 5.97 Å². The van der Waals surface area contributed by atoms with Crippen LogP contribution in [0.15, 0.2) is 42.5 Å². The van der Waals surface area contributed by atoms with Gasteiger partial charge in [0, 0.05) is 11.1 Å². The third-order valence-electron chi connectivity index (χ3n) is 5.13. The number of hydrogen-bond donors (Lipinski definition) is 1. The number of anilines is 1. The summed E-state index contributed by atoms with van der Waals surface area (Å²) in [6.07, 6.45) is 1.62. The summed E-state index contributed by atoms with van der Waals surface area (Å²) in [7, 11) is 0. The van der Waals surface area contributed by atoms with E-state index in [2.05, 4.69) is 10.3 Å². The number of para-hydroxylation sites is 2. The second kappa shape index (κ2) is 8.86. The molecule has 3 rings (SSSR count). The van der Waals surface area contributed by atoms with Crippen molar-refractivity contribution in [1.82, 2.24) is 4.98 Å². The number of ether oxygens (including phenoxy) is 1. The maximum atomic E-state index is 12.7. The molecule has 0 spiro atoms. The fourth-order valence-corrected chi connectivity index (χ4v) is 3.61. The summed E-state index contributed by atoms with van der Waals surface area (Å²) < 4.78 is 5.33. The summed E-state index contributed by atoms with van der Waals surface area (Å²) in [6.45, 7) is 7.40. The van der Waals surface area contributed by atoms with Gasteiger partial charge in [0.2, 0.25) is 0 Å². The Labute approximate surface area is 171 Å². The standard InChI is InChI=1S/C24H26N2O3/c1-5-17-10-9-11-18(6-2)23(17)26-21(27)14-29-24(28)22-15(3)19-12-7-8-13-20(19)25-16(22)4/h7-13H,5-6,14H2,1-4H3,(H,26,27). The smallest absolute Gasteiger partial charge is 0.340 e. The van der Waals surface area contributed by atoms with Gasteiger partial charge in [-0.2, -0.15) is 0 Å². The minimum absolute atomic E-state index is 0.342. The summed E-state index contributed by atoms with van der Waals surface area (Å²) >= 11 is 0. The predicted molar refractivity (Wildman–Crippen MR) is 115 cm³/mol. The molecule has 0 aliphatic heterocycles. The topological polar surface area (TPSA) is 68.3 Å². The van der Waals surface area contributed by atoms with Crippen molar-refractivity contribution in [2.45, 2.75) is 40.5 Å². The molecule has 1 N–H and O–H groups in total. The molecule has 0 radical (unpaired) electrons. The SMILES string of the molecule is CCc1cccc(CC)c1NC(=O)COC(=O)c1c(C)nc2ccccc2c1C. The van der Waals surface area contributed by atoms with Crippen LogP contribution in [0.4, 0.5) is 5.69 Å². The highest BCUT2D eigenvalue weighted by atomic mass is 16.5. The van der Waals surface area contributed by atoms with Crippen molar-refractivity contribution in [3.63, 3.8) is 0 Å². The number of esters is 1. The molecule has 1 amide bonds. The van der Waals surface area contributed by atoms with Crippen LogP contribution in [-0.4, -0.2) is 23.5 Å². The summed E-state index contributed by atoms with van der Waals surface area (Å²) in [4.78, 5) is 29.7. The van der Waals surface area contributed by atoms with Crippen molar-refractivity contribution >= 4 is 28.5 Å². The van der Waals surface area contributed by atoms with E-state index in [1.807, 2.05) is 63.2 Å². The molecule has 0 aliphatic carbocycles. The van der Waals surface area contributed by atoms with Crippen LogP contribution >= 0.6 is 0 Å². The number of aryl methyl sites for hydroxylation is 4. The number of carbonyl (C=O) groups is 2. The molecule has 0 saturated heterocycles. The minimum atomic E-state index is -0.534. The Hall–Kier alpha value is -3.21. The minimum Gasteiger partial charge on any atom is -0.452 e. The first-order chi connectivity index (χ1) is 14.0. The average Bonchev–Trinajstić information content (AvgIpc) is 2.72. The normalized spacial score (nSPS) is 10.8. The first-order valence-electron chi connectivity index (χ1n) is 9.89. The molecule has 0 saturated carbocycles. The van der Waals surface area contributed by atoms with Gasteiger partial charge in [0.05, 0.1) is 16.8 Å². The predicted octanol–water partition coefficient (Wildman–Crippen LogP) is 4.77. The van der Waals surface area contributed by atoms with E-state index in [-0.39, 0.29) is 12.5 Å². The molecule has 5 nitrogen and oxygen atoms in total. The summed E-state index contributed by atoms with van der Waals surface area (Å²) in [6, 6.07) is 13.6. The lowest BCUT2D eigenvalue weighted by atomic mass is 10.0. The Morgan fingerprint density at radius 2 is 1.62 bits per heavy atom. The maximum absolute atomic E-state index is 12.7. The number of rotatable bonds is 6. The molecule has 1 heterocycles. The van der Waals surface area contributed by atoms with Crippen molar-refractivity contribution in [3.05, 3.63) is 70.4 Å². The number of nitrogens with zero attached hydrogens (tertiary/aromatic N) is 1. The van der Waals surface area contributed by atoms with Crippen LogP contribution in [-0.2, 0) is 22.4 Å². The average molecular weight is 390 g/mol. The zero-order chi connectivity index (χ0) is 21.0. The van der Waals surface area contributed by atoms with Crippen molar-refractivity contribution in [3.8, 4) is 0 Å². The molecule has 0 unspecified atom stereocenters. The number of carbonyl (C=O) groups excluding carboxylic acids is 2. The molecule has 150 valence electrons. The van der Waals surface area contributed by atoms with Crippen LogP contribution in [0.25, 0.3) is 10.9 Å². The fraction of sp³-hybridized carbons (Fsp3) is 0.292. The highest BCUT2D eigenvalue weighted by molar-refractivity contribution is 6.00. The van der Waals surface area contributed by atoms with Crippen LogP contribution < -0.4 is 5.32 Å². The second-order valence-corrected chi connectivity index (χ2v) is 7.00. The van der Waals surface area contributed by atoms with Gasteiger partial charge < -0.3 is 10.1 Å². The zero-order valence-electron chi connectivity index (χ0n) is 17.3. The van der Waals surface area contributed by atoms with Gasteiger partial charge in [0.1, 0.15) is 0 Å². The van der Waals surface area contributed by atoms with Crippen molar-refractivity contribution in [2.75, 3.05) is 11.9 Å². The van der Waals surface area contributed by atoms with Gasteiger partial charge in [-0.15, -0.1) is 0 Å². The molecule has 1 aromatic heterocycles. The summed E-state index contributed by atoms with van der Waals surface area (Å²) in [5, 5.41) is 3.82. The first kappa shape index (κ1) is 20.5. The number of hydrogen-bond acceptors (Lipinski definition) is 4. The van der Waals surface area contributed by atoms with Crippen molar-refractivity contribution < 1.29 is 14.3 Å². The van der Waals surface area contributed by atoms with Crippen LogP contribution in [0.1, 0.15) is 46.6 Å². The molecule has 0 bridgehead atoms. The Kier molecular flexibility index (Phi) is 6.27. The third kappa shape index (κ3) is 4.29. The van der Waals surface area contributed by atoms with Gasteiger partial charge in [-0.05, 0) is 49.4 Å². The number of amides is 1. The summed E-state index contributed by atoms with van der Waals surface area (Å²) in [5.41, 5.74) is 5.60. The molecule has 3 aromatic rings. The van der Waals surface area contributed by atoms with E-state index in [1.165, 1.54) is 0 Å². The Morgan fingerprint density at radius 3 is 2.28 bits per heavy atom. The van der Waals surface area contributed by atoms with Crippen LogP contribution in [0.5, 0.6) is 0 Å². The molecular formula is C24H26N2O3. The molecule has 29 heavy (non-hydrogen) atoms. The van der Waals surface area contributed by atoms with E-state index in [1.54, 1.807) is 6.92 Å². The Morgan fingerprint density at radius 1 is 0.966 bits per heavy atom. The maximum Gasteiger partial charge on any atom is 0.340 e. The number of pyridine rings is 1. The molecule has 2 aromatic carbocycles. The van der Waals surface area contributed by atoms with Gasteiger partial charge in [-0.3, -0.25) is 9.78 Å². The lowest BCUT2D eigenvalue weighted by Gasteiger charge is -2.15. The van der Waals surface area contributed by atoms with E-state index in [4.69, 9.17) is 4.74 Å². The molecule has 0 atom stereocenters. The van der Waals surface area contributed by atoms with Crippen molar-refractivity contribution in [1.29, 1.82) is 0 Å². The van der Waals surface area contributed by atoms with E-state index in [9.17, 15) is 9.59 Å². The quantitative estimate of drug-likeness (QED) is 0.616. The molecule has 0 fully saturated rings. The fourth-order valence-electron chi connectivity index (χ4n) is 3.61. The first-order valence-corrected chi connectivity index (χ1v) is 9.89. The number of aromatic nitrogens is 1. The highest BCUT2D eigenvalue weighted by Crippen LogP contribution is 2.24. The van der Waals surface area contributed by atoms with Gasteiger partial charge in [0.25, 0.3) is 5.91 Å². The lowest BCUT2D eigenvalue weighted by Crippen LogP contribution is -2.23. The van der Waals surface area contributed by atoms with E-state index >= 15 is 0 Å². The van der Waals surface area contributed by atoms with Crippen molar-refractivity contribution in [2.24, 2.45) is 0 Å². The van der Waals surface area contributed by atoms with Crippen LogP contribution in [0.2, 0.25) is 0 Å². The van der Waals surface area contributed by atoms with Gasteiger partial charge in [-0.1, -0.05) is 50.2 Å². The zero-order valence-corrected chi connectivity index (χ0v) is 17.3. The third-order valence-corrected chi connectivity index (χ3v) is 5.13. The molecule has 0 aliphatic rings. The molecule has 5 heteroatoms. The lowest BCUT2D eigenvalue weighted by molar-refractivity contribution is -0.119.